The van der Waals surface area contributed by atoms with Crippen LogP contribution >= 0.6 is 0 Å². The number of aromatic hydroxyl groups is 1. The number of rotatable bonds is 6. The van der Waals surface area contributed by atoms with Crippen molar-refractivity contribution in [2.24, 2.45) is 0 Å². The molecule has 2 N–H and O–H groups in total. The first-order valence-corrected chi connectivity index (χ1v) is 6.27. The summed E-state index contributed by atoms with van der Waals surface area (Å²) in [7, 11) is 0. The predicted octanol–water partition coefficient (Wildman–Crippen LogP) is 2.29. The van der Waals surface area contributed by atoms with Crippen molar-refractivity contribution in [2.45, 2.75) is 33.0 Å². The highest BCUT2D eigenvalue weighted by Crippen LogP contribution is 2.09. The van der Waals surface area contributed by atoms with Gasteiger partial charge in [-0.3, -0.25) is 0 Å². The van der Waals surface area contributed by atoms with Crippen molar-refractivity contribution < 1.29 is 5.11 Å². The first-order valence-electron chi connectivity index (χ1n) is 6.27. The fourth-order valence-corrected chi connectivity index (χ4v) is 1.89. The van der Waals surface area contributed by atoms with Crippen molar-refractivity contribution in [3.05, 3.63) is 48.0 Å². The second-order valence-corrected chi connectivity index (χ2v) is 4.35. The van der Waals surface area contributed by atoms with Gasteiger partial charge in [-0.05, 0) is 24.1 Å². The monoisotopic (exact) mass is 245 g/mol. The van der Waals surface area contributed by atoms with E-state index in [4.69, 9.17) is 0 Å². The van der Waals surface area contributed by atoms with Crippen LogP contribution in [0.1, 0.15) is 24.6 Å². The van der Waals surface area contributed by atoms with Crippen LogP contribution in [0.15, 0.2) is 36.8 Å². The number of hydrogen-bond donors (Lipinski definition) is 2. The fraction of sp³-hybridized carbons (Fsp3) is 0.357. The number of aryl methyl sites for hydroxylation is 1. The minimum Gasteiger partial charge on any atom is -0.508 e. The van der Waals surface area contributed by atoms with Crippen LogP contribution in [-0.4, -0.2) is 14.7 Å². The van der Waals surface area contributed by atoms with Gasteiger partial charge in [-0.25, -0.2) is 4.98 Å². The van der Waals surface area contributed by atoms with Gasteiger partial charge in [-0.1, -0.05) is 19.1 Å². The summed E-state index contributed by atoms with van der Waals surface area (Å²) in [6.45, 7) is 4.77. The van der Waals surface area contributed by atoms with E-state index in [0.717, 1.165) is 31.6 Å². The number of aromatic nitrogens is 2. The van der Waals surface area contributed by atoms with Crippen molar-refractivity contribution in [1.82, 2.24) is 14.9 Å². The molecule has 0 aliphatic carbocycles. The Morgan fingerprint density at radius 1 is 1.22 bits per heavy atom. The molecule has 1 aromatic carbocycles. The van der Waals surface area contributed by atoms with Crippen LogP contribution in [0.2, 0.25) is 0 Å². The Labute approximate surface area is 107 Å². The van der Waals surface area contributed by atoms with Gasteiger partial charge < -0.3 is 15.0 Å². The summed E-state index contributed by atoms with van der Waals surface area (Å²) in [6, 6.07) is 7.26. The molecule has 96 valence electrons. The number of benzene rings is 1. The fourth-order valence-electron chi connectivity index (χ4n) is 1.89. The Hall–Kier alpha value is -1.81. The molecule has 4 nitrogen and oxygen atoms in total. The van der Waals surface area contributed by atoms with E-state index in [2.05, 4.69) is 21.8 Å². The molecule has 0 aliphatic heterocycles. The van der Waals surface area contributed by atoms with E-state index < -0.39 is 0 Å². The maximum atomic E-state index is 9.20. The Balaban J connectivity index is 1.84. The molecule has 1 heterocycles. The molecule has 1 aromatic heterocycles. The van der Waals surface area contributed by atoms with Crippen LogP contribution in [0.3, 0.4) is 0 Å². The lowest BCUT2D eigenvalue weighted by Gasteiger charge is -2.08. The normalized spacial score (nSPS) is 10.7. The predicted molar refractivity (Wildman–Crippen MR) is 71.2 cm³/mol. The van der Waals surface area contributed by atoms with Crippen LogP contribution in [0, 0.1) is 0 Å². The zero-order valence-electron chi connectivity index (χ0n) is 10.6. The minimum atomic E-state index is 0.305. The molecule has 0 saturated heterocycles. The third-order valence-electron chi connectivity index (χ3n) is 2.83. The maximum absolute atomic E-state index is 9.20. The molecular formula is C14H19N3O. The van der Waals surface area contributed by atoms with Crippen molar-refractivity contribution >= 4 is 0 Å². The number of hydrogen-bond acceptors (Lipinski definition) is 3. The topological polar surface area (TPSA) is 50.1 Å². The van der Waals surface area contributed by atoms with Crippen molar-refractivity contribution in [3.63, 3.8) is 0 Å². The van der Waals surface area contributed by atoms with Gasteiger partial charge in [-0.2, -0.15) is 0 Å². The highest BCUT2D eigenvalue weighted by Gasteiger charge is 2.00. The lowest BCUT2D eigenvalue weighted by molar-refractivity contribution is 0.475. The quantitative estimate of drug-likeness (QED) is 0.821. The van der Waals surface area contributed by atoms with E-state index in [0.29, 0.717) is 5.75 Å². The molecule has 0 aliphatic rings. The summed E-state index contributed by atoms with van der Waals surface area (Å²) in [6.07, 6.45) is 4.89. The number of nitrogens with one attached hydrogen (secondary N) is 1. The maximum Gasteiger partial charge on any atom is 0.115 e. The Morgan fingerprint density at radius 2 is 2.00 bits per heavy atom. The van der Waals surface area contributed by atoms with Gasteiger partial charge in [0.15, 0.2) is 0 Å². The second-order valence-electron chi connectivity index (χ2n) is 4.35. The third-order valence-corrected chi connectivity index (χ3v) is 2.83. The second kappa shape index (κ2) is 6.21. The standard InChI is InChI=1S/C14H19N3O/c1-2-7-17-11-16-10-13(17)9-15-8-12-3-5-14(18)6-4-12/h3-6,10-11,15,18H,2,7-9H2,1H3. The molecule has 2 aromatic rings. The summed E-state index contributed by atoms with van der Waals surface area (Å²) in [5.41, 5.74) is 2.37. The van der Waals surface area contributed by atoms with Crippen LogP contribution in [0.5, 0.6) is 5.75 Å². The van der Waals surface area contributed by atoms with E-state index in [9.17, 15) is 5.11 Å². The highest BCUT2D eigenvalue weighted by atomic mass is 16.3. The van der Waals surface area contributed by atoms with Gasteiger partial charge in [-0.15, -0.1) is 0 Å². The number of phenols is 1. The first-order chi connectivity index (χ1) is 8.79. The molecular weight excluding hydrogens is 226 g/mol. The third kappa shape index (κ3) is 3.34. The lowest BCUT2D eigenvalue weighted by Crippen LogP contribution is -2.15. The van der Waals surface area contributed by atoms with Crippen molar-refractivity contribution in [1.29, 1.82) is 0 Å². The van der Waals surface area contributed by atoms with E-state index in [1.807, 2.05) is 24.7 Å². The van der Waals surface area contributed by atoms with Gasteiger partial charge in [0.25, 0.3) is 0 Å². The van der Waals surface area contributed by atoms with E-state index >= 15 is 0 Å². The molecule has 18 heavy (non-hydrogen) atoms. The van der Waals surface area contributed by atoms with E-state index in [-0.39, 0.29) is 0 Å². The molecule has 4 heteroatoms. The zero-order valence-corrected chi connectivity index (χ0v) is 10.6. The van der Waals surface area contributed by atoms with Gasteiger partial charge >= 0.3 is 0 Å². The SMILES string of the molecule is CCCn1cncc1CNCc1ccc(O)cc1. The number of phenolic OH excluding ortho intramolecular Hbond substituents is 1. The molecule has 0 saturated carbocycles. The lowest BCUT2D eigenvalue weighted by atomic mass is 10.2. The molecule has 0 unspecified atom stereocenters. The van der Waals surface area contributed by atoms with Crippen LogP contribution in [0.25, 0.3) is 0 Å². The molecule has 2 rings (SSSR count). The van der Waals surface area contributed by atoms with Crippen LogP contribution in [0.4, 0.5) is 0 Å². The van der Waals surface area contributed by atoms with Gasteiger partial charge in [0.05, 0.1) is 12.0 Å². The van der Waals surface area contributed by atoms with Crippen LogP contribution < -0.4 is 5.32 Å². The summed E-state index contributed by atoms with van der Waals surface area (Å²) < 4.78 is 2.17. The van der Waals surface area contributed by atoms with E-state index in [1.165, 1.54) is 5.69 Å². The van der Waals surface area contributed by atoms with Crippen LogP contribution in [-0.2, 0) is 19.6 Å². The Kier molecular flexibility index (Phi) is 4.36. The molecule has 0 fully saturated rings. The molecule has 0 atom stereocenters. The van der Waals surface area contributed by atoms with Crippen molar-refractivity contribution in [2.75, 3.05) is 0 Å². The van der Waals surface area contributed by atoms with E-state index in [1.54, 1.807) is 12.1 Å². The molecule has 0 amide bonds. The summed E-state index contributed by atoms with van der Waals surface area (Å²) in [5.74, 6) is 0.305. The molecule has 0 radical (unpaired) electrons. The summed E-state index contributed by atoms with van der Waals surface area (Å²) >= 11 is 0. The van der Waals surface area contributed by atoms with Gasteiger partial charge in [0.2, 0.25) is 0 Å². The van der Waals surface area contributed by atoms with Gasteiger partial charge in [0.1, 0.15) is 5.75 Å². The average molecular weight is 245 g/mol. The summed E-state index contributed by atoms with van der Waals surface area (Å²) in [4.78, 5) is 4.17. The average Bonchev–Trinajstić information content (AvgIpc) is 2.80. The first kappa shape index (κ1) is 12.6. The largest absolute Gasteiger partial charge is 0.508 e. The number of imidazole rings is 1. The number of nitrogens with zero attached hydrogens (tertiary/aromatic N) is 2. The van der Waals surface area contributed by atoms with Gasteiger partial charge in [0, 0.05) is 25.8 Å². The molecule has 0 spiro atoms. The Morgan fingerprint density at radius 3 is 2.72 bits per heavy atom. The zero-order chi connectivity index (χ0) is 12.8. The highest BCUT2D eigenvalue weighted by molar-refractivity contribution is 5.25. The smallest absolute Gasteiger partial charge is 0.115 e. The van der Waals surface area contributed by atoms with Crippen molar-refractivity contribution in [3.8, 4) is 5.75 Å². The molecule has 0 bridgehead atoms. The summed E-state index contributed by atoms with van der Waals surface area (Å²) in [5, 5.41) is 12.6. The minimum absolute atomic E-state index is 0.305. The Bertz CT molecular complexity index is 476.